The van der Waals surface area contributed by atoms with E-state index in [1.807, 2.05) is 27.7 Å². The molecule has 5 nitrogen and oxygen atoms in total. The van der Waals surface area contributed by atoms with Gasteiger partial charge in [-0.05, 0) is 33.3 Å². The highest BCUT2D eigenvalue weighted by Crippen LogP contribution is 2.17. The third-order valence-corrected chi connectivity index (χ3v) is 2.33. The first-order valence-electron chi connectivity index (χ1n) is 5.23. The maximum Gasteiger partial charge on any atom is 0.317 e. The Labute approximate surface area is 95.6 Å². The van der Waals surface area contributed by atoms with Crippen molar-refractivity contribution in [2.24, 2.45) is 5.73 Å². The summed E-state index contributed by atoms with van der Waals surface area (Å²) in [5.74, 6) is -0.0790. The van der Waals surface area contributed by atoms with Gasteiger partial charge in [0.1, 0.15) is 17.1 Å². The molecule has 0 saturated carbocycles. The van der Waals surface area contributed by atoms with Crippen molar-refractivity contribution in [3.8, 4) is 6.01 Å². The Kier molecular flexibility index (Phi) is 3.47. The molecule has 88 valence electrons. The largest absolute Gasteiger partial charge is 0.457 e. The first-order chi connectivity index (χ1) is 7.34. The molecule has 1 rings (SSSR count). The minimum atomic E-state index is -0.318. The van der Waals surface area contributed by atoms with E-state index in [4.69, 9.17) is 15.9 Å². The molecule has 1 heterocycles. The number of rotatable bonds is 4. The van der Waals surface area contributed by atoms with Gasteiger partial charge >= 0.3 is 6.01 Å². The third-order valence-electron chi connectivity index (χ3n) is 2.33. The zero-order valence-corrected chi connectivity index (χ0v) is 10.2. The summed E-state index contributed by atoms with van der Waals surface area (Å²) in [5.41, 5.74) is 6.20. The fraction of sp³-hybridized carbons (Fsp3) is 0.545. The molecule has 0 spiro atoms. The molecule has 0 aromatic carbocycles. The summed E-state index contributed by atoms with van der Waals surface area (Å²) >= 11 is 0. The van der Waals surface area contributed by atoms with Crippen LogP contribution in [0.1, 0.15) is 38.6 Å². The summed E-state index contributed by atoms with van der Waals surface area (Å²) in [6.07, 6.45) is 0.847. The third kappa shape index (κ3) is 3.18. The number of hydrogen-bond donors (Lipinski definition) is 2. The molecule has 0 amide bonds. The van der Waals surface area contributed by atoms with Crippen LogP contribution in [-0.4, -0.2) is 21.4 Å². The maximum absolute atomic E-state index is 7.34. The monoisotopic (exact) mass is 222 g/mol. The van der Waals surface area contributed by atoms with Crippen LogP contribution >= 0.6 is 0 Å². The van der Waals surface area contributed by atoms with Crippen molar-refractivity contribution in [1.29, 1.82) is 5.41 Å². The van der Waals surface area contributed by atoms with E-state index in [-0.39, 0.29) is 17.4 Å². The molecular formula is C11H18N4O. The van der Waals surface area contributed by atoms with Crippen molar-refractivity contribution >= 4 is 5.84 Å². The van der Waals surface area contributed by atoms with E-state index in [0.717, 1.165) is 12.1 Å². The van der Waals surface area contributed by atoms with Crippen LogP contribution in [-0.2, 0) is 0 Å². The van der Waals surface area contributed by atoms with Gasteiger partial charge in [0.15, 0.2) is 0 Å². The van der Waals surface area contributed by atoms with Crippen molar-refractivity contribution in [2.45, 2.75) is 39.7 Å². The molecule has 3 N–H and O–H groups in total. The molecular weight excluding hydrogens is 204 g/mol. The SMILES string of the molecule is CCC(C)(C)Oc1nc(C)cc(C(=N)N)n1. The average molecular weight is 222 g/mol. The van der Waals surface area contributed by atoms with Crippen molar-refractivity contribution in [1.82, 2.24) is 9.97 Å². The highest BCUT2D eigenvalue weighted by atomic mass is 16.5. The summed E-state index contributed by atoms with van der Waals surface area (Å²) in [7, 11) is 0. The number of nitrogen functional groups attached to an aromatic ring is 1. The summed E-state index contributed by atoms with van der Waals surface area (Å²) < 4.78 is 5.65. The number of aromatic nitrogens is 2. The van der Waals surface area contributed by atoms with E-state index in [1.54, 1.807) is 6.07 Å². The highest BCUT2D eigenvalue weighted by Gasteiger charge is 2.19. The fourth-order valence-corrected chi connectivity index (χ4v) is 1.04. The lowest BCUT2D eigenvalue weighted by atomic mass is 10.1. The van der Waals surface area contributed by atoms with Crippen LogP contribution in [0.25, 0.3) is 0 Å². The van der Waals surface area contributed by atoms with Gasteiger partial charge in [0.25, 0.3) is 0 Å². The molecule has 0 saturated heterocycles. The number of nitrogens with two attached hydrogens (primary N) is 1. The Hall–Kier alpha value is -1.65. The molecule has 0 atom stereocenters. The van der Waals surface area contributed by atoms with Crippen molar-refractivity contribution in [3.63, 3.8) is 0 Å². The van der Waals surface area contributed by atoms with Crippen LogP contribution in [0.5, 0.6) is 6.01 Å². The molecule has 16 heavy (non-hydrogen) atoms. The van der Waals surface area contributed by atoms with Gasteiger partial charge in [0, 0.05) is 5.69 Å². The van der Waals surface area contributed by atoms with Gasteiger partial charge in [0.2, 0.25) is 0 Å². The van der Waals surface area contributed by atoms with E-state index < -0.39 is 0 Å². The molecule has 1 aromatic rings. The molecule has 0 aliphatic carbocycles. The fourth-order valence-electron chi connectivity index (χ4n) is 1.04. The Morgan fingerprint density at radius 2 is 2.12 bits per heavy atom. The zero-order chi connectivity index (χ0) is 12.3. The normalized spacial score (nSPS) is 11.2. The number of aryl methyl sites for hydroxylation is 1. The van der Waals surface area contributed by atoms with Gasteiger partial charge in [-0.25, -0.2) is 4.98 Å². The van der Waals surface area contributed by atoms with Gasteiger partial charge < -0.3 is 10.5 Å². The minimum absolute atomic E-state index is 0.0790. The first kappa shape index (κ1) is 12.4. The van der Waals surface area contributed by atoms with Crippen LogP contribution in [0.4, 0.5) is 0 Å². The number of hydrogen-bond acceptors (Lipinski definition) is 4. The zero-order valence-electron chi connectivity index (χ0n) is 10.2. The highest BCUT2D eigenvalue weighted by molar-refractivity contribution is 5.93. The molecule has 1 aromatic heterocycles. The number of ether oxygens (including phenoxy) is 1. The summed E-state index contributed by atoms with van der Waals surface area (Å²) in [5, 5.41) is 7.34. The number of amidine groups is 1. The molecule has 0 aliphatic rings. The summed E-state index contributed by atoms with van der Waals surface area (Å²) in [4.78, 5) is 8.25. The molecule has 0 aliphatic heterocycles. The van der Waals surface area contributed by atoms with E-state index in [9.17, 15) is 0 Å². The second-order valence-corrected chi connectivity index (χ2v) is 4.31. The van der Waals surface area contributed by atoms with Crippen LogP contribution in [0.15, 0.2) is 6.07 Å². The van der Waals surface area contributed by atoms with Crippen molar-refractivity contribution in [3.05, 3.63) is 17.5 Å². The minimum Gasteiger partial charge on any atom is -0.457 e. The van der Waals surface area contributed by atoms with Crippen LogP contribution in [0, 0.1) is 12.3 Å². The van der Waals surface area contributed by atoms with Gasteiger partial charge in [-0.1, -0.05) is 6.92 Å². The van der Waals surface area contributed by atoms with E-state index in [0.29, 0.717) is 5.69 Å². The summed E-state index contributed by atoms with van der Waals surface area (Å²) in [6.45, 7) is 7.78. The van der Waals surface area contributed by atoms with Gasteiger partial charge in [-0.15, -0.1) is 0 Å². The molecule has 5 heteroatoms. The Morgan fingerprint density at radius 3 is 2.62 bits per heavy atom. The average Bonchev–Trinajstić information content (AvgIpc) is 2.16. The van der Waals surface area contributed by atoms with Crippen LogP contribution in [0.3, 0.4) is 0 Å². The lowest BCUT2D eigenvalue weighted by Gasteiger charge is -2.23. The second-order valence-electron chi connectivity index (χ2n) is 4.31. The Balaban J connectivity index is 3.01. The van der Waals surface area contributed by atoms with Crippen LogP contribution < -0.4 is 10.5 Å². The van der Waals surface area contributed by atoms with E-state index in [1.165, 1.54) is 0 Å². The van der Waals surface area contributed by atoms with Gasteiger partial charge in [-0.3, -0.25) is 5.41 Å². The number of nitrogens with one attached hydrogen (secondary N) is 1. The molecule has 0 radical (unpaired) electrons. The van der Waals surface area contributed by atoms with Crippen molar-refractivity contribution in [2.75, 3.05) is 0 Å². The number of nitrogens with zero attached hydrogens (tertiary/aromatic N) is 2. The van der Waals surface area contributed by atoms with Gasteiger partial charge in [-0.2, -0.15) is 4.98 Å². The topological polar surface area (TPSA) is 84.9 Å². The standard InChI is InChI=1S/C11H18N4O/c1-5-11(3,4)16-10-14-7(2)6-8(15-10)9(12)13/h6H,5H2,1-4H3,(H3,12,13). The smallest absolute Gasteiger partial charge is 0.317 e. The quantitative estimate of drug-likeness (QED) is 0.599. The predicted molar refractivity (Wildman–Crippen MR) is 62.8 cm³/mol. The molecule has 0 unspecified atom stereocenters. The Morgan fingerprint density at radius 1 is 1.50 bits per heavy atom. The molecule has 0 fully saturated rings. The molecule has 0 bridgehead atoms. The predicted octanol–water partition coefficient (Wildman–Crippen LogP) is 1.64. The Bertz CT molecular complexity index is 401. The lowest BCUT2D eigenvalue weighted by molar-refractivity contribution is 0.0921. The van der Waals surface area contributed by atoms with Crippen LogP contribution in [0.2, 0.25) is 0 Å². The first-order valence-corrected chi connectivity index (χ1v) is 5.23. The van der Waals surface area contributed by atoms with Crippen molar-refractivity contribution < 1.29 is 4.74 Å². The van der Waals surface area contributed by atoms with Gasteiger partial charge in [0.05, 0.1) is 0 Å². The lowest BCUT2D eigenvalue weighted by Crippen LogP contribution is -2.28. The maximum atomic E-state index is 7.34. The van der Waals surface area contributed by atoms with E-state index >= 15 is 0 Å². The summed E-state index contributed by atoms with van der Waals surface area (Å²) in [6, 6.07) is 1.94. The second kappa shape index (κ2) is 4.47. The van der Waals surface area contributed by atoms with E-state index in [2.05, 4.69) is 9.97 Å².